The number of rotatable bonds is 2. The van der Waals surface area contributed by atoms with Crippen molar-refractivity contribution in [2.75, 3.05) is 25.7 Å². The molecule has 0 aliphatic carbocycles. The topological polar surface area (TPSA) is 18.5 Å². The molecule has 0 aromatic rings. The smallest absolute Gasteiger partial charge is 0.0939 e. The molecule has 2 fully saturated rings. The Morgan fingerprint density at radius 3 is 3.00 bits per heavy atom. The minimum atomic E-state index is 0.0645. The number of ether oxygens (including phenoxy) is 2. The molecule has 2 rings (SSSR count). The summed E-state index contributed by atoms with van der Waals surface area (Å²) in [5.74, 6) is 1.54. The molecule has 1 spiro atoms. The van der Waals surface area contributed by atoms with E-state index in [4.69, 9.17) is 21.1 Å². The molecule has 2 aliphatic rings. The summed E-state index contributed by atoms with van der Waals surface area (Å²) in [4.78, 5) is 0. The van der Waals surface area contributed by atoms with E-state index in [0.717, 1.165) is 50.9 Å². The molecule has 0 amide bonds. The van der Waals surface area contributed by atoms with Crippen molar-refractivity contribution in [3.8, 4) is 0 Å². The third-order valence-electron chi connectivity index (χ3n) is 3.18. The number of alkyl halides is 1. The van der Waals surface area contributed by atoms with Gasteiger partial charge >= 0.3 is 0 Å². The van der Waals surface area contributed by atoms with E-state index in [0.29, 0.717) is 0 Å². The summed E-state index contributed by atoms with van der Waals surface area (Å²) in [7, 11) is 0. The predicted octanol–water partition coefficient (Wildman–Crippen LogP) is 2.20. The number of hydrogen-bond acceptors (Lipinski definition) is 2. The number of halogens is 1. The van der Waals surface area contributed by atoms with Gasteiger partial charge in [-0.3, -0.25) is 0 Å². The van der Waals surface area contributed by atoms with Crippen molar-refractivity contribution >= 4 is 11.6 Å². The van der Waals surface area contributed by atoms with E-state index in [-0.39, 0.29) is 5.60 Å². The molecule has 2 aliphatic heterocycles. The average Bonchev–Trinajstić information content (AvgIpc) is 2.54. The van der Waals surface area contributed by atoms with Gasteiger partial charge in [0, 0.05) is 25.5 Å². The third-order valence-corrected chi connectivity index (χ3v) is 3.40. The Balaban J connectivity index is 1.90. The van der Waals surface area contributed by atoms with Crippen molar-refractivity contribution in [2.45, 2.75) is 31.3 Å². The highest BCUT2D eigenvalue weighted by atomic mass is 35.5. The molecule has 0 radical (unpaired) electrons. The lowest BCUT2D eigenvalue weighted by Crippen LogP contribution is -2.40. The fourth-order valence-electron chi connectivity index (χ4n) is 2.39. The van der Waals surface area contributed by atoms with Crippen LogP contribution in [0.15, 0.2) is 0 Å². The highest BCUT2D eigenvalue weighted by Crippen LogP contribution is 2.36. The first kappa shape index (κ1) is 9.75. The zero-order chi connectivity index (χ0) is 9.15. The van der Waals surface area contributed by atoms with Crippen LogP contribution < -0.4 is 0 Å². The monoisotopic (exact) mass is 204 g/mol. The van der Waals surface area contributed by atoms with Crippen LogP contribution in [0.2, 0.25) is 0 Å². The molecule has 2 saturated heterocycles. The first-order valence-electron chi connectivity index (χ1n) is 5.12. The van der Waals surface area contributed by atoms with Crippen LogP contribution in [0.4, 0.5) is 0 Å². The summed E-state index contributed by atoms with van der Waals surface area (Å²) in [6.45, 7) is 2.56. The molecule has 2 unspecified atom stereocenters. The van der Waals surface area contributed by atoms with Gasteiger partial charge in [0.15, 0.2) is 0 Å². The standard InChI is InChI=1S/C10H17ClO2/c11-4-1-9-2-5-13-10(7-9)3-6-12-8-10/h9H,1-8H2. The third kappa shape index (κ3) is 2.17. The molecule has 0 bridgehead atoms. The summed E-state index contributed by atoms with van der Waals surface area (Å²) in [5.41, 5.74) is 0.0645. The Kier molecular flexibility index (Phi) is 3.12. The second-order valence-electron chi connectivity index (χ2n) is 4.17. The molecule has 13 heavy (non-hydrogen) atoms. The van der Waals surface area contributed by atoms with E-state index >= 15 is 0 Å². The van der Waals surface area contributed by atoms with Crippen LogP contribution in [0.3, 0.4) is 0 Å². The summed E-state index contributed by atoms with van der Waals surface area (Å²) in [6.07, 6.45) is 4.53. The van der Waals surface area contributed by atoms with Gasteiger partial charge in [0.1, 0.15) is 0 Å². The molecular formula is C10H17ClO2. The van der Waals surface area contributed by atoms with Crippen molar-refractivity contribution in [1.82, 2.24) is 0 Å². The van der Waals surface area contributed by atoms with Crippen LogP contribution in [0, 0.1) is 5.92 Å². The molecule has 2 heterocycles. The summed E-state index contributed by atoms with van der Waals surface area (Å²) in [5, 5.41) is 0. The van der Waals surface area contributed by atoms with Crippen molar-refractivity contribution in [1.29, 1.82) is 0 Å². The Labute approximate surface area is 84.5 Å². The second-order valence-corrected chi connectivity index (χ2v) is 4.55. The van der Waals surface area contributed by atoms with Gasteiger partial charge < -0.3 is 9.47 Å². The Bertz CT molecular complexity index is 164. The minimum Gasteiger partial charge on any atom is -0.378 e. The van der Waals surface area contributed by atoms with E-state index < -0.39 is 0 Å². The van der Waals surface area contributed by atoms with Crippen molar-refractivity contribution < 1.29 is 9.47 Å². The van der Waals surface area contributed by atoms with Gasteiger partial charge in [-0.25, -0.2) is 0 Å². The largest absolute Gasteiger partial charge is 0.378 e. The predicted molar refractivity (Wildman–Crippen MR) is 52.2 cm³/mol. The van der Waals surface area contributed by atoms with Crippen LogP contribution in [0.5, 0.6) is 0 Å². The molecular weight excluding hydrogens is 188 g/mol. The average molecular weight is 205 g/mol. The lowest BCUT2D eigenvalue weighted by atomic mass is 9.84. The minimum absolute atomic E-state index is 0.0645. The normalized spacial score (nSPS) is 39.9. The van der Waals surface area contributed by atoms with Crippen molar-refractivity contribution in [3.63, 3.8) is 0 Å². The lowest BCUT2D eigenvalue weighted by molar-refractivity contribution is -0.0980. The molecule has 0 aromatic carbocycles. The van der Waals surface area contributed by atoms with E-state index in [1.165, 1.54) is 6.42 Å². The molecule has 76 valence electrons. The maximum atomic E-state index is 5.83. The van der Waals surface area contributed by atoms with Gasteiger partial charge in [-0.05, 0) is 25.2 Å². The molecule has 0 aromatic heterocycles. The lowest BCUT2D eigenvalue weighted by Gasteiger charge is -2.36. The maximum Gasteiger partial charge on any atom is 0.0939 e. The molecule has 2 atom stereocenters. The summed E-state index contributed by atoms with van der Waals surface area (Å²) >= 11 is 5.76. The summed E-state index contributed by atoms with van der Waals surface area (Å²) < 4.78 is 11.2. The quantitative estimate of drug-likeness (QED) is 0.643. The van der Waals surface area contributed by atoms with Crippen molar-refractivity contribution in [3.05, 3.63) is 0 Å². The van der Waals surface area contributed by atoms with Crippen LogP contribution in [-0.2, 0) is 9.47 Å². The van der Waals surface area contributed by atoms with Gasteiger partial charge in [-0.15, -0.1) is 11.6 Å². The maximum absolute atomic E-state index is 5.83. The van der Waals surface area contributed by atoms with Crippen molar-refractivity contribution in [2.24, 2.45) is 5.92 Å². The van der Waals surface area contributed by atoms with Crippen LogP contribution in [0.1, 0.15) is 25.7 Å². The first-order chi connectivity index (χ1) is 6.35. The molecule has 0 saturated carbocycles. The zero-order valence-corrected chi connectivity index (χ0v) is 8.68. The fraction of sp³-hybridized carbons (Fsp3) is 1.00. The van der Waals surface area contributed by atoms with Crippen LogP contribution in [0.25, 0.3) is 0 Å². The second kappa shape index (κ2) is 4.16. The van der Waals surface area contributed by atoms with Gasteiger partial charge in [0.2, 0.25) is 0 Å². The van der Waals surface area contributed by atoms with E-state index in [2.05, 4.69) is 0 Å². The fourth-order valence-corrected chi connectivity index (χ4v) is 2.70. The van der Waals surface area contributed by atoms with Crippen LogP contribution in [-0.4, -0.2) is 31.3 Å². The number of hydrogen-bond donors (Lipinski definition) is 0. The Hall–Kier alpha value is 0.210. The molecule has 3 heteroatoms. The first-order valence-corrected chi connectivity index (χ1v) is 5.66. The van der Waals surface area contributed by atoms with Gasteiger partial charge in [0.05, 0.1) is 12.2 Å². The van der Waals surface area contributed by atoms with Gasteiger partial charge in [0.25, 0.3) is 0 Å². The summed E-state index contributed by atoms with van der Waals surface area (Å²) in [6, 6.07) is 0. The van der Waals surface area contributed by atoms with E-state index in [1.54, 1.807) is 0 Å². The van der Waals surface area contributed by atoms with E-state index in [1.807, 2.05) is 0 Å². The zero-order valence-electron chi connectivity index (χ0n) is 7.93. The van der Waals surface area contributed by atoms with Gasteiger partial charge in [-0.1, -0.05) is 0 Å². The van der Waals surface area contributed by atoms with Crippen LogP contribution >= 0.6 is 11.6 Å². The highest BCUT2D eigenvalue weighted by Gasteiger charge is 2.40. The highest BCUT2D eigenvalue weighted by molar-refractivity contribution is 6.17. The molecule has 0 N–H and O–H groups in total. The Morgan fingerprint density at radius 1 is 1.38 bits per heavy atom. The Morgan fingerprint density at radius 2 is 2.31 bits per heavy atom. The SMILES string of the molecule is ClCCC1CCOC2(CCOC2)C1. The van der Waals surface area contributed by atoms with E-state index in [9.17, 15) is 0 Å². The molecule has 2 nitrogen and oxygen atoms in total. The van der Waals surface area contributed by atoms with Gasteiger partial charge in [-0.2, -0.15) is 0 Å².